The Hall–Kier alpha value is -0.0800. The van der Waals surface area contributed by atoms with Crippen LogP contribution in [-0.2, 0) is 0 Å². The van der Waals surface area contributed by atoms with E-state index in [1.165, 1.54) is 6.04 Å². The summed E-state index contributed by atoms with van der Waals surface area (Å²) in [5, 5.41) is 9.12. The summed E-state index contributed by atoms with van der Waals surface area (Å²) in [5.41, 5.74) is 0. The van der Waals surface area contributed by atoms with Crippen molar-refractivity contribution >= 4 is 0 Å². The fourth-order valence-corrected chi connectivity index (χ4v) is 1.32. The summed E-state index contributed by atoms with van der Waals surface area (Å²) in [6, 6.07) is 1.28. The summed E-state index contributed by atoms with van der Waals surface area (Å²) < 4.78 is 0. The van der Waals surface area contributed by atoms with Crippen molar-refractivity contribution in [3.8, 4) is 0 Å². The molecule has 1 N–H and O–H groups in total. The molecule has 1 unspecified atom stereocenters. The predicted molar refractivity (Wildman–Crippen MR) is 48.1 cm³/mol. The zero-order chi connectivity index (χ0) is 8.85. The van der Waals surface area contributed by atoms with Gasteiger partial charge in [0.05, 0.1) is 6.10 Å². The van der Waals surface area contributed by atoms with Gasteiger partial charge in [-0.05, 0) is 33.4 Å². The van der Waals surface area contributed by atoms with Crippen LogP contribution in [0.4, 0.5) is 0 Å². The lowest BCUT2D eigenvalue weighted by Gasteiger charge is -2.26. The highest BCUT2D eigenvalue weighted by Gasteiger charge is 2.12. The molecule has 1 atom stereocenters. The highest BCUT2D eigenvalue weighted by Crippen LogP contribution is 2.13. The number of aliphatic hydroxyl groups excluding tert-OH is 1. The van der Waals surface area contributed by atoms with E-state index in [0.717, 1.165) is 19.5 Å². The van der Waals surface area contributed by atoms with E-state index in [1.807, 2.05) is 6.92 Å². The van der Waals surface area contributed by atoms with Gasteiger partial charge in [0.2, 0.25) is 0 Å². The van der Waals surface area contributed by atoms with E-state index in [9.17, 15) is 0 Å². The summed E-state index contributed by atoms with van der Waals surface area (Å²) in [6.07, 6.45) is 0.581. The van der Waals surface area contributed by atoms with Gasteiger partial charge in [-0.3, -0.25) is 4.90 Å². The fourth-order valence-electron chi connectivity index (χ4n) is 1.32. The standard InChI is InChI=1S/C9H20NO/c1-5-10(6-2)8(3)7-9(4)11/h9,11H,5-7H2,1-4H3. The molecule has 0 saturated heterocycles. The molecule has 0 rings (SSSR count). The van der Waals surface area contributed by atoms with E-state index in [0.29, 0.717) is 0 Å². The first-order valence-corrected chi connectivity index (χ1v) is 4.37. The molecule has 0 aromatic heterocycles. The molecule has 0 aromatic rings. The van der Waals surface area contributed by atoms with E-state index >= 15 is 0 Å². The van der Waals surface area contributed by atoms with Crippen LogP contribution in [0.2, 0.25) is 0 Å². The van der Waals surface area contributed by atoms with Crippen LogP contribution < -0.4 is 0 Å². The van der Waals surface area contributed by atoms with Crippen LogP contribution in [0.25, 0.3) is 0 Å². The zero-order valence-corrected chi connectivity index (χ0v) is 8.09. The molecular weight excluding hydrogens is 138 g/mol. The minimum absolute atomic E-state index is 0.212. The largest absolute Gasteiger partial charge is 0.393 e. The van der Waals surface area contributed by atoms with Gasteiger partial charge < -0.3 is 5.11 Å². The molecule has 0 aromatic carbocycles. The van der Waals surface area contributed by atoms with Crippen LogP contribution in [-0.4, -0.2) is 29.2 Å². The topological polar surface area (TPSA) is 23.5 Å². The minimum Gasteiger partial charge on any atom is -0.393 e. The second kappa shape index (κ2) is 5.56. The molecule has 0 fully saturated rings. The number of nitrogens with zero attached hydrogens (tertiary/aromatic N) is 1. The summed E-state index contributed by atoms with van der Waals surface area (Å²) in [4.78, 5) is 2.27. The molecule has 67 valence electrons. The third kappa shape index (κ3) is 4.38. The molecule has 2 heteroatoms. The van der Waals surface area contributed by atoms with Gasteiger partial charge in [0.1, 0.15) is 0 Å². The lowest BCUT2D eigenvalue weighted by molar-refractivity contribution is 0.163. The highest BCUT2D eigenvalue weighted by molar-refractivity contribution is 4.84. The van der Waals surface area contributed by atoms with Crippen LogP contribution in [0.15, 0.2) is 0 Å². The molecule has 2 nitrogen and oxygen atoms in total. The van der Waals surface area contributed by atoms with Gasteiger partial charge in [-0.15, -0.1) is 0 Å². The normalized spacial score (nSPS) is 14.5. The van der Waals surface area contributed by atoms with Crippen LogP contribution in [0.5, 0.6) is 0 Å². The monoisotopic (exact) mass is 158 g/mol. The third-order valence-corrected chi connectivity index (χ3v) is 1.89. The van der Waals surface area contributed by atoms with Gasteiger partial charge in [-0.1, -0.05) is 13.8 Å². The van der Waals surface area contributed by atoms with Gasteiger partial charge in [-0.2, -0.15) is 0 Å². The van der Waals surface area contributed by atoms with Crippen LogP contribution >= 0.6 is 0 Å². The molecule has 11 heavy (non-hydrogen) atoms. The van der Waals surface area contributed by atoms with Crippen molar-refractivity contribution in [2.45, 2.75) is 40.2 Å². The molecule has 0 amide bonds. The van der Waals surface area contributed by atoms with Crippen LogP contribution in [0.1, 0.15) is 34.1 Å². The Morgan fingerprint density at radius 2 is 1.82 bits per heavy atom. The molecule has 0 aliphatic carbocycles. The van der Waals surface area contributed by atoms with Crippen molar-refractivity contribution in [2.75, 3.05) is 13.1 Å². The molecule has 0 bridgehead atoms. The third-order valence-electron chi connectivity index (χ3n) is 1.89. The molecular formula is C9H20NO. The van der Waals surface area contributed by atoms with E-state index in [1.54, 1.807) is 0 Å². The first kappa shape index (κ1) is 10.9. The fraction of sp³-hybridized carbons (Fsp3) is 0.889. The number of aliphatic hydroxyl groups is 1. The maximum atomic E-state index is 9.12. The summed E-state index contributed by atoms with van der Waals surface area (Å²) in [5.74, 6) is 0. The summed E-state index contributed by atoms with van der Waals surface area (Å²) >= 11 is 0. The van der Waals surface area contributed by atoms with Gasteiger partial charge in [0, 0.05) is 6.04 Å². The second-order valence-electron chi connectivity index (χ2n) is 2.96. The molecule has 0 spiro atoms. The van der Waals surface area contributed by atoms with Crippen molar-refractivity contribution in [3.05, 3.63) is 6.04 Å². The predicted octanol–water partition coefficient (Wildman–Crippen LogP) is 1.65. The first-order valence-electron chi connectivity index (χ1n) is 4.37. The number of hydrogen-bond donors (Lipinski definition) is 1. The van der Waals surface area contributed by atoms with Crippen molar-refractivity contribution in [1.29, 1.82) is 0 Å². The Morgan fingerprint density at radius 3 is 2.09 bits per heavy atom. The lowest BCUT2D eigenvalue weighted by atomic mass is 10.1. The van der Waals surface area contributed by atoms with Gasteiger partial charge >= 0.3 is 0 Å². The van der Waals surface area contributed by atoms with Crippen LogP contribution in [0, 0.1) is 6.04 Å². The Balaban J connectivity index is 3.68. The van der Waals surface area contributed by atoms with Gasteiger partial charge in [0.15, 0.2) is 0 Å². The first-order chi connectivity index (χ1) is 5.11. The Morgan fingerprint density at radius 1 is 1.36 bits per heavy atom. The Labute approximate surface area is 70.2 Å². The molecule has 0 aliphatic heterocycles. The molecule has 0 heterocycles. The Kier molecular flexibility index (Phi) is 5.51. The molecule has 0 saturated carbocycles. The molecule has 0 aliphatic rings. The van der Waals surface area contributed by atoms with Crippen molar-refractivity contribution in [1.82, 2.24) is 4.90 Å². The summed E-state index contributed by atoms with van der Waals surface area (Å²) in [6.45, 7) is 10.3. The van der Waals surface area contributed by atoms with E-state index in [2.05, 4.69) is 25.7 Å². The smallest absolute Gasteiger partial charge is 0.0530 e. The average Bonchev–Trinajstić information content (AvgIpc) is 1.88. The van der Waals surface area contributed by atoms with Crippen molar-refractivity contribution in [3.63, 3.8) is 0 Å². The molecule has 1 radical (unpaired) electrons. The lowest BCUT2D eigenvalue weighted by Crippen LogP contribution is -2.28. The number of hydrogen-bond acceptors (Lipinski definition) is 2. The van der Waals surface area contributed by atoms with Crippen LogP contribution in [0.3, 0.4) is 0 Å². The average molecular weight is 158 g/mol. The SMILES string of the molecule is CCN(CC)[C](C)CC(C)O. The van der Waals surface area contributed by atoms with Gasteiger partial charge in [-0.25, -0.2) is 0 Å². The quantitative estimate of drug-likeness (QED) is 0.657. The minimum atomic E-state index is -0.212. The highest BCUT2D eigenvalue weighted by atomic mass is 16.3. The van der Waals surface area contributed by atoms with E-state index < -0.39 is 0 Å². The van der Waals surface area contributed by atoms with Crippen molar-refractivity contribution in [2.24, 2.45) is 0 Å². The Bertz CT molecular complexity index is 89.6. The van der Waals surface area contributed by atoms with Crippen molar-refractivity contribution < 1.29 is 5.11 Å². The zero-order valence-electron chi connectivity index (χ0n) is 8.09. The maximum Gasteiger partial charge on any atom is 0.0530 e. The van der Waals surface area contributed by atoms with E-state index in [-0.39, 0.29) is 6.10 Å². The maximum absolute atomic E-state index is 9.12. The second-order valence-corrected chi connectivity index (χ2v) is 2.96. The summed E-state index contributed by atoms with van der Waals surface area (Å²) in [7, 11) is 0. The van der Waals surface area contributed by atoms with E-state index in [4.69, 9.17) is 5.11 Å². The van der Waals surface area contributed by atoms with Gasteiger partial charge in [0.25, 0.3) is 0 Å². The number of rotatable bonds is 5.